The van der Waals surface area contributed by atoms with Crippen LogP contribution in [0, 0.1) is 12.0 Å². The molecule has 3 heteroatoms. The summed E-state index contributed by atoms with van der Waals surface area (Å²) in [6.45, 7) is 1.95. The van der Waals surface area contributed by atoms with Gasteiger partial charge in [-0.15, -0.1) is 0 Å². The first-order chi connectivity index (χ1) is 8.29. The molecule has 1 aliphatic rings. The van der Waals surface area contributed by atoms with Gasteiger partial charge in [0.25, 0.3) is 0 Å². The van der Waals surface area contributed by atoms with Crippen LogP contribution in [-0.4, -0.2) is 30.9 Å². The lowest BCUT2D eigenvalue weighted by Gasteiger charge is -2.05. The van der Waals surface area contributed by atoms with E-state index in [1.54, 1.807) is 31.4 Å². The minimum atomic E-state index is -0.139. The maximum absolute atomic E-state index is 11.8. The van der Waals surface area contributed by atoms with Gasteiger partial charge in [-0.2, -0.15) is 0 Å². The Hall–Kier alpha value is -1.95. The van der Waals surface area contributed by atoms with Crippen LogP contribution in [0.25, 0.3) is 0 Å². The monoisotopic (exact) mass is 229 g/mol. The van der Waals surface area contributed by atoms with Crippen LogP contribution in [0.1, 0.15) is 23.2 Å². The van der Waals surface area contributed by atoms with Crippen molar-refractivity contribution in [2.24, 2.45) is 0 Å². The zero-order chi connectivity index (χ0) is 12.1. The lowest BCUT2D eigenvalue weighted by molar-refractivity contribution is 0.105. The second-order valence-electron chi connectivity index (χ2n) is 3.99. The summed E-state index contributed by atoms with van der Waals surface area (Å²) in [5.74, 6) is 3.28. The molecule has 0 aromatic heterocycles. The van der Waals surface area contributed by atoms with E-state index in [2.05, 4.69) is 12.0 Å². The molecule has 3 nitrogen and oxygen atoms in total. The fourth-order valence-corrected chi connectivity index (χ4v) is 1.77. The molecule has 1 aromatic carbocycles. The molecule has 17 heavy (non-hydrogen) atoms. The SMILES string of the molecule is COc1ccc(C(=O)C#CN2CCCC2)cc1. The fraction of sp³-hybridized carbons (Fsp3) is 0.357. The topological polar surface area (TPSA) is 29.5 Å². The van der Waals surface area contributed by atoms with Gasteiger partial charge in [-0.3, -0.25) is 4.79 Å². The highest BCUT2D eigenvalue weighted by atomic mass is 16.5. The molecule has 2 rings (SSSR count). The molecule has 1 saturated heterocycles. The van der Waals surface area contributed by atoms with Crippen molar-refractivity contribution in [1.82, 2.24) is 4.90 Å². The van der Waals surface area contributed by atoms with Crippen molar-refractivity contribution in [2.45, 2.75) is 12.8 Å². The van der Waals surface area contributed by atoms with Gasteiger partial charge >= 0.3 is 0 Å². The number of carbonyl (C=O) groups is 1. The number of hydrogen-bond donors (Lipinski definition) is 0. The molecule has 0 N–H and O–H groups in total. The summed E-state index contributed by atoms with van der Waals surface area (Å²) in [5.41, 5.74) is 0.609. The Bertz CT molecular complexity index is 447. The average molecular weight is 229 g/mol. The minimum absolute atomic E-state index is 0.139. The van der Waals surface area contributed by atoms with Crippen molar-refractivity contribution in [2.75, 3.05) is 20.2 Å². The van der Waals surface area contributed by atoms with Gasteiger partial charge in [0, 0.05) is 24.7 Å². The standard InChI is InChI=1S/C14H15NO2/c1-17-13-6-4-12(5-7-13)14(16)8-11-15-9-2-3-10-15/h4-7H,2-3,9-10H2,1H3. The summed E-state index contributed by atoms with van der Waals surface area (Å²) < 4.78 is 5.03. The first-order valence-corrected chi connectivity index (χ1v) is 5.74. The second kappa shape index (κ2) is 5.40. The van der Waals surface area contributed by atoms with E-state index in [4.69, 9.17) is 4.74 Å². The summed E-state index contributed by atoms with van der Waals surface area (Å²) in [5, 5.41) is 0. The number of hydrogen-bond acceptors (Lipinski definition) is 3. The molecule has 1 fully saturated rings. The molecular formula is C14H15NO2. The smallest absolute Gasteiger partial charge is 0.237 e. The van der Waals surface area contributed by atoms with E-state index in [0.717, 1.165) is 18.8 Å². The largest absolute Gasteiger partial charge is 0.497 e. The van der Waals surface area contributed by atoms with Crippen LogP contribution in [0.3, 0.4) is 0 Å². The number of carbonyl (C=O) groups excluding carboxylic acids is 1. The number of ketones is 1. The molecule has 0 unspecified atom stereocenters. The number of rotatable bonds is 2. The van der Waals surface area contributed by atoms with E-state index in [0.29, 0.717) is 5.56 Å². The minimum Gasteiger partial charge on any atom is -0.497 e. The summed E-state index contributed by atoms with van der Waals surface area (Å²) in [4.78, 5) is 13.8. The zero-order valence-electron chi connectivity index (χ0n) is 9.90. The molecule has 0 saturated carbocycles. The Morgan fingerprint density at radius 1 is 1.24 bits per heavy atom. The van der Waals surface area contributed by atoms with Crippen LogP contribution >= 0.6 is 0 Å². The van der Waals surface area contributed by atoms with Gasteiger partial charge in [-0.05, 0) is 43.0 Å². The Labute approximate surface area is 101 Å². The van der Waals surface area contributed by atoms with Crippen LogP contribution in [0.4, 0.5) is 0 Å². The van der Waals surface area contributed by atoms with Gasteiger partial charge in [-0.1, -0.05) is 0 Å². The van der Waals surface area contributed by atoms with Gasteiger partial charge in [0.2, 0.25) is 5.78 Å². The third kappa shape index (κ3) is 3.01. The number of likely N-dealkylation sites (tertiary alicyclic amines) is 1. The van der Waals surface area contributed by atoms with Crippen molar-refractivity contribution in [3.8, 4) is 17.7 Å². The molecule has 0 bridgehead atoms. The molecule has 0 spiro atoms. The molecule has 1 aliphatic heterocycles. The number of nitrogens with zero attached hydrogens (tertiary/aromatic N) is 1. The van der Waals surface area contributed by atoms with E-state index >= 15 is 0 Å². The van der Waals surface area contributed by atoms with Crippen LogP contribution in [0.15, 0.2) is 24.3 Å². The summed E-state index contributed by atoms with van der Waals surface area (Å²) >= 11 is 0. The highest BCUT2D eigenvalue weighted by Gasteiger charge is 2.07. The normalized spacial score (nSPS) is 14.1. The van der Waals surface area contributed by atoms with Gasteiger partial charge < -0.3 is 9.64 Å². The van der Waals surface area contributed by atoms with Crippen LogP contribution in [-0.2, 0) is 0 Å². The first kappa shape index (κ1) is 11.5. The predicted octanol–water partition coefficient (Wildman–Crippen LogP) is 1.93. The summed E-state index contributed by atoms with van der Waals surface area (Å²) in [6, 6.07) is 9.92. The van der Waals surface area contributed by atoms with Crippen molar-refractivity contribution in [3.05, 3.63) is 29.8 Å². The maximum atomic E-state index is 11.8. The Morgan fingerprint density at radius 2 is 1.88 bits per heavy atom. The van der Waals surface area contributed by atoms with Crippen molar-refractivity contribution >= 4 is 5.78 Å². The molecule has 0 amide bonds. The molecule has 88 valence electrons. The molecule has 1 heterocycles. The first-order valence-electron chi connectivity index (χ1n) is 5.74. The van der Waals surface area contributed by atoms with E-state index in [1.807, 2.05) is 4.90 Å². The molecule has 1 aromatic rings. The summed E-state index contributed by atoms with van der Waals surface area (Å²) in [6.07, 6.45) is 2.34. The molecule has 0 aliphatic carbocycles. The third-order valence-corrected chi connectivity index (χ3v) is 2.79. The second-order valence-corrected chi connectivity index (χ2v) is 3.99. The van der Waals surface area contributed by atoms with Crippen LogP contribution in [0.2, 0.25) is 0 Å². The van der Waals surface area contributed by atoms with Crippen molar-refractivity contribution < 1.29 is 9.53 Å². The summed E-state index contributed by atoms with van der Waals surface area (Å²) in [7, 11) is 1.60. The maximum Gasteiger partial charge on any atom is 0.237 e. The van der Waals surface area contributed by atoms with Gasteiger partial charge in [0.15, 0.2) is 0 Å². The van der Waals surface area contributed by atoms with Gasteiger partial charge in [0.1, 0.15) is 5.75 Å². The van der Waals surface area contributed by atoms with E-state index in [1.165, 1.54) is 12.8 Å². The number of methoxy groups -OCH3 is 1. The van der Waals surface area contributed by atoms with Crippen molar-refractivity contribution in [1.29, 1.82) is 0 Å². The number of Topliss-reactive ketones (excluding diaryl/α,β-unsaturated/α-hetero) is 1. The Morgan fingerprint density at radius 3 is 2.47 bits per heavy atom. The quantitative estimate of drug-likeness (QED) is 0.573. The van der Waals surface area contributed by atoms with Gasteiger partial charge in [0.05, 0.1) is 7.11 Å². The molecular weight excluding hydrogens is 214 g/mol. The number of ether oxygens (including phenoxy) is 1. The fourth-order valence-electron chi connectivity index (χ4n) is 1.77. The van der Waals surface area contributed by atoms with Crippen LogP contribution < -0.4 is 4.74 Å². The van der Waals surface area contributed by atoms with Gasteiger partial charge in [-0.25, -0.2) is 0 Å². The number of benzene rings is 1. The molecule has 0 radical (unpaired) electrons. The third-order valence-electron chi connectivity index (χ3n) is 2.79. The van der Waals surface area contributed by atoms with E-state index in [9.17, 15) is 4.79 Å². The average Bonchev–Trinajstić information content (AvgIpc) is 2.89. The van der Waals surface area contributed by atoms with E-state index < -0.39 is 0 Å². The lowest BCUT2D eigenvalue weighted by atomic mass is 10.1. The van der Waals surface area contributed by atoms with Crippen LogP contribution in [0.5, 0.6) is 5.75 Å². The highest BCUT2D eigenvalue weighted by Crippen LogP contribution is 2.11. The van der Waals surface area contributed by atoms with Crippen molar-refractivity contribution in [3.63, 3.8) is 0 Å². The Kier molecular flexibility index (Phi) is 3.66. The predicted molar refractivity (Wildman–Crippen MR) is 65.9 cm³/mol. The highest BCUT2D eigenvalue weighted by molar-refractivity contribution is 6.08. The lowest BCUT2D eigenvalue weighted by Crippen LogP contribution is -2.12. The molecule has 0 atom stereocenters. The van der Waals surface area contributed by atoms with E-state index in [-0.39, 0.29) is 5.78 Å². The zero-order valence-corrected chi connectivity index (χ0v) is 9.90. The Balaban J connectivity index is 2.03.